The Labute approximate surface area is 85.5 Å². The number of rotatable bonds is 1. The highest BCUT2D eigenvalue weighted by molar-refractivity contribution is 5.95. The number of fused-ring (bicyclic) bond motifs is 1. The van der Waals surface area contributed by atoms with Gasteiger partial charge in [0.25, 0.3) is 0 Å². The average molecular weight is 207 g/mol. The molecular weight excluding hydrogens is 197 g/mol. The number of carboxylic acids is 1. The van der Waals surface area contributed by atoms with Crippen LogP contribution in [-0.2, 0) is 0 Å². The van der Waals surface area contributed by atoms with Crippen LogP contribution >= 0.6 is 0 Å². The molecule has 0 aliphatic rings. The van der Waals surface area contributed by atoms with Crippen LogP contribution in [0.2, 0.25) is 0 Å². The number of benzene rings is 1. The van der Waals surface area contributed by atoms with Gasteiger partial charge in [0.15, 0.2) is 0 Å². The number of nitrogens with one attached hydrogen (secondary N) is 1. The molecule has 0 bridgehead atoms. The Morgan fingerprint density at radius 1 is 1.40 bits per heavy atom. The smallest absolute Gasteiger partial charge is 0.338 e. The van der Waals surface area contributed by atoms with E-state index in [9.17, 15) is 9.18 Å². The summed E-state index contributed by atoms with van der Waals surface area (Å²) >= 11 is 0. The summed E-state index contributed by atoms with van der Waals surface area (Å²) < 4.78 is 13.8. The predicted octanol–water partition coefficient (Wildman–Crippen LogP) is 2.62. The molecule has 0 fully saturated rings. The molecule has 15 heavy (non-hydrogen) atoms. The SMILES string of the molecule is Cc1[nH]c2ccc(C(=O)O)c(F)c2c1C. The molecule has 3 nitrogen and oxygen atoms in total. The number of H-pyrrole nitrogens is 1. The summed E-state index contributed by atoms with van der Waals surface area (Å²) in [5.41, 5.74) is 1.95. The minimum absolute atomic E-state index is 0.287. The lowest BCUT2D eigenvalue weighted by atomic mass is 10.1. The summed E-state index contributed by atoms with van der Waals surface area (Å²) in [4.78, 5) is 13.7. The van der Waals surface area contributed by atoms with Crippen molar-refractivity contribution in [3.63, 3.8) is 0 Å². The van der Waals surface area contributed by atoms with E-state index in [1.54, 1.807) is 13.0 Å². The van der Waals surface area contributed by atoms with Crippen molar-refractivity contribution in [2.75, 3.05) is 0 Å². The Kier molecular flexibility index (Phi) is 2.00. The molecule has 0 aliphatic carbocycles. The van der Waals surface area contributed by atoms with E-state index in [4.69, 9.17) is 5.11 Å². The quantitative estimate of drug-likeness (QED) is 0.755. The van der Waals surface area contributed by atoms with Crippen LogP contribution in [-0.4, -0.2) is 16.1 Å². The number of aromatic carboxylic acids is 1. The lowest BCUT2D eigenvalue weighted by Crippen LogP contribution is -2.00. The molecule has 4 heteroatoms. The molecular formula is C11H10FNO2. The fourth-order valence-electron chi connectivity index (χ4n) is 1.70. The van der Waals surface area contributed by atoms with Gasteiger partial charge >= 0.3 is 5.97 Å². The van der Waals surface area contributed by atoms with Gasteiger partial charge in [-0.05, 0) is 31.5 Å². The molecule has 0 saturated carbocycles. The zero-order valence-corrected chi connectivity index (χ0v) is 8.39. The third-order valence-corrected chi connectivity index (χ3v) is 2.63. The van der Waals surface area contributed by atoms with E-state index in [1.165, 1.54) is 6.07 Å². The number of carboxylic acid groups (broad SMARTS) is 1. The van der Waals surface area contributed by atoms with Crippen LogP contribution < -0.4 is 0 Å². The molecule has 0 spiro atoms. The molecule has 78 valence electrons. The Bertz CT molecular complexity index is 557. The first-order chi connectivity index (χ1) is 7.02. The first kappa shape index (κ1) is 9.71. The molecule has 0 atom stereocenters. The second-order valence-corrected chi connectivity index (χ2v) is 3.53. The largest absolute Gasteiger partial charge is 0.478 e. The number of carbonyl (C=O) groups is 1. The summed E-state index contributed by atoms with van der Waals surface area (Å²) in [6, 6.07) is 2.86. The first-order valence-electron chi connectivity index (χ1n) is 4.53. The van der Waals surface area contributed by atoms with Crippen LogP contribution in [0.1, 0.15) is 21.6 Å². The fraction of sp³-hybridized carbons (Fsp3) is 0.182. The molecule has 1 aromatic heterocycles. The summed E-state index contributed by atoms with van der Waals surface area (Å²) in [5.74, 6) is -1.91. The lowest BCUT2D eigenvalue weighted by molar-refractivity contribution is 0.0692. The van der Waals surface area contributed by atoms with Gasteiger partial charge < -0.3 is 10.1 Å². The van der Waals surface area contributed by atoms with Crippen molar-refractivity contribution in [2.45, 2.75) is 13.8 Å². The molecule has 2 N–H and O–H groups in total. The van der Waals surface area contributed by atoms with Gasteiger partial charge in [-0.1, -0.05) is 0 Å². The molecule has 1 aromatic carbocycles. The summed E-state index contributed by atoms with van der Waals surface area (Å²) in [6.45, 7) is 3.60. The van der Waals surface area contributed by atoms with E-state index in [1.807, 2.05) is 6.92 Å². The van der Waals surface area contributed by atoms with Gasteiger partial charge in [0.05, 0.1) is 5.56 Å². The molecule has 0 aliphatic heterocycles. The Hall–Kier alpha value is -1.84. The summed E-state index contributed by atoms with van der Waals surface area (Å²) in [6.07, 6.45) is 0. The van der Waals surface area contributed by atoms with E-state index >= 15 is 0 Å². The fourth-order valence-corrected chi connectivity index (χ4v) is 1.70. The Morgan fingerprint density at radius 3 is 2.67 bits per heavy atom. The number of aryl methyl sites for hydroxylation is 2. The predicted molar refractivity (Wildman–Crippen MR) is 54.7 cm³/mol. The van der Waals surface area contributed by atoms with E-state index in [-0.39, 0.29) is 5.56 Å². The van der Waals surface area contributed by atoms with Gasteiger partial charge in [-0.15, -0.1) is 0 Å². The van der Waals surface area contributed by atoms with Crippen molar-refractivity contribution < 1.29 is 14.3 Å². The van der Waals surface area contributed by atoms with Crippen LogP contribution in [0.3, 0.4) is 0 Å². The number of halogens is 1. The normalized spacial score (nSPS) is 10.9. The topological polar surface area (TPSA) is 53.1 Å². The molecule has 0 saturated heterocycles. The third kappa shape index (κ3) is 1.29. The van der Waals surface area contributed by atoms with E-state index in [2.05, 4.69) is 4.98 Å². The Balaban J connectivity index is 2.88. The molecule has 0 radical (unpaired) electrons. The second kappa shape index (κ2) is 3.08. The highest BCUT2D eigenvalue weighted by atomic mass is 19.1. The standard InChI is InChI=1S/C11H10FNO2/c1-5-6(2)13-8-4-3-7(11(14)15)10(12)9(5)8/h3-4,13H,1-2H3,(H,14,15). The van der Waals surface area contributed by atoms with Crippen LogP contribution in [0.4, 0.5) is 4.39 Å². The van der Waals surface area contributed by atoms with Gasteiger partial charge in [0.2, 0.25) is 0 Å². The van der Waals surface area contributed by atoms with Crippen molar-refractivity contribution in [3.8, 4) is 0 Å². The molecule has 2 aromatic rings. The van der Waals surface area contributed by atoms with Gasteiger partial charge in [0.1, 0.15) is 5.82 Å². The molecule has 1 heterocycles. The van der Waals surface area contributed by atoms with Crippen molar-refractivity contribution in [1.82, 2.24) is 4.98 Å². The van der Waals surface area contributed by atoms with E-state index < -0.39 is 11.8 Å². The lowest BCUT2D eigenvalue weighted by Gasteiger charge is -1.99. The maximum atomic E-state index is 13.8. The number of hydrogen-bond acceptors (Lipinski definition) is 1. The maximum Gasteiger partial charge on any atom is 0.338 e. The van der Waals surface area contributed by atoms with Gasteiger partial charge in [-0.3, -0.25) is 0 Å². The number of aromatic nitrogens is 1. The highest BCUT2D eigenvalue weighted by Gasteiger charge is 2.16. The monoisotopic (exact) mass is 207 g/mol. The van der Waals surface area contributed by atoms with Crippen molar-refractivity contribution in [2.24, 2.45) is 0 Å². The minimum Gasteiger partial charge on any atom is -0.478 e. The molecule has 0 unspecified atom stereocenters. The summed E-state index contributed by atoms with van der Waals surface area (Å²) in [7, 11) is 0. The summed E-state index contributed by atoms with van der Waals surface area (Å²) in [5, 5.41) is 9.14. The van der Waals surface area contributed by atoms with E-state index in [0.717, 1.165) is 11.3 Å². The third-order valence-electron chi connectivity index (χ3n) is 2.63. The first-order valence-corrected chi connectivity index (χ1v) is 4.53. The van der Waals surface area contributed by atoms with Crippen molar-refractivity contribution in [1.29, 1.82) is 0 Å². The zero-order valence-electron chi connectivity index (χ0n) is 8.39. The number of aromatic amines is 1. The van der Waals surface area contributed by atoms with Gasteiger partial charge in [-0.25, -0.2) is 9.18 Å². The van der Waals surface area contributed by atoms with Gasteiger partial charge in [0, 0.05) is 16.6 Å². The zero-order chi connectivity index (χ0) is 11.2. The number of hydrogen-bond donors (Lipinski definition) is 2. The van der Waals surface area contributed by atoms with Crippen molar-refractivity contribution >= 4 is 16.9 Å². The van der Waals surface area contributed by atoms with Crippen LogP contribution in [0, 0.1) is 19.7 Å². The Morgan fingerprint density at radius 2 is 2.07 bits per heavy atom. The maximum absolute atomic E-state index is 13.8. The van der Waals surface area contributed by atoms with Crippen molar-refractivity contribution in [3.05, 3.63) is 34.8 Å². The van der Waals surface area contributed by atoms with Crippen LogP contribution in [0.15, 0.2) is 12.1 Å². The second-order valence-electron chi connectivity index (χ2n) is 3.53. The van der Waals surface area contributed by atoms with Gasteiger partial charge in [-0.2, -0.15) is 0 Å². The highest BCUT2D eigenvalue weighted by Crippen LogP contribution is 2.26. The van der Waals surface area contributed by atoms with E-state index in [0.29, 0.717) is 10.9 Å². The average Bonchev–Trinajstić information content (AvgIpc) is 2.43. The minimum atomic E-state index is -1.24. The molecule has 2 rings (SSSR count). The van der Waals surface area contributed by atoms with Crippen LogP contribution in [0.25, 0.3) is 10.9 Å². The van der Waals surface area contributed by atoms with Crippen LogP contribution in [0.5, 0.6) is 0 Å². The molecule has 0 amide bonds.